The van der Waals surface area contributed by atoms with Crippen molar-refractivity contribution >= 4 is 17.2 Å². The number of hydrogen-bond donors (Lipinski definition) is 1. The van der Waals surface area contributed by atoms with Gasteiger partial charge in [0, 0.05) is 22.9 Å². The fraction of sp³-hybridized carbons (Fsp3) is 0.267. The second-order valence-corrected chi connectivity index (χ2v) is 5.92. The van der Waals surface area contributed by atoms with Crippen molar-refractivity contribution in [1.29, 1.82) is 0 Å². The Balaban J connectivity index is 2.10. The molecule has 0 spiro atoms. The molecule has 0 aliphatic heterocycles. The highest BCUT2D eigenvalue weighted by atomic mass is 32.1. The highest BCUT2D eigenvalue weighted by Gasteiger charge is 2.32. The molecule has 0 saturated carbocycles. The van der Waals surface area contributed by atoms with Gasteiger partial charge in [-0.2, -0.15) is 13.2 Å². The molecule has 118 valence electrons. The SMILES string of the molecule is C[C@@H](Cc1cccs1)NC(=O)c1cc(F)cc(C(F)(F)F)c1. The first-order valence-electron chi connectivity index (χ1n) is 6.47. The second kappa shape index (κ2) is 6.48. The van der Waals surface area contributed by atoms with Gasteiger partial charge in [-0.3, -0.25) is 4.79 Å². The fourth-order valence-electron chi connectivity index (χ4n) is 1.97. The molecule has 1 heterocycles. The van der Waals surface area contributed by atoms with Crippen LogP contribution in [0.1, 0.15) is 27.7 Å². The highest BCUT2D eigenvalue weighted by molar-refractivity contribution is 7.09. The van der Waals surface area contributed by atoms with Crippen molar-refractivity contribution in [2.24, 2.45) is 0 Å². The predicted octanol–water partition coefficient (Wildman–Crippen LogP) is 4.27. The van der Waals surface area contributed by atoms with Crippen LogP contribution in [0.5, 0.6) is 0 Å². The molecule has 2 aromatic rings. The van der Waals surface area contributed by atoms with Gasteiger partial charge >= 0.3 is 6.18 Å². The Labute approximate surface area is 128 Å². The molecule has 1 N–H and O–H groups in total. The molecule has 0 aliphatic rings. The molecule has 1 aromatic heterocycles. The van der Waals surface area contributed by atoms with Crippen LogP contribution < -0.4 is 5.32 Å². The van der Waals surface area contributed by atoms with Gasteiger partial charge in [-0.1, -0.05) is 6.07 Å². The summed E-state index contributed by atoms with van der Waals surface area (Å²) in [5.74, 6) is -1.82. The van der Waals surface area contributed by atoms with Gasteiger partial charge < -0.3 is 5.32 Å². The molecule has 0 unspecified atom stereocenters. The van der Waals surface area contributed by atoms with Gasteiger partial charge in [-0.25, -0.2) is 4.39 Å². The lowest BCUT2D eigenvalue weighted by atomic mass is 10.1. The molecule has 0 aliphatic carbocycles. The fourth-order valence-corrected chi connectivity index (χ4v) is 2.81. The zero-order valence-corrected chi connectivity index (χ0v) is 12.4. The number of alkyl halides is 3. The van der Waals surface area contributed by atoms with E-state index < -0.39 is 23.5 Å². The third-order valence-electron chi connectivity index (χ3n) is 2.95. The monoisotopic (exact) mass is 331 g/mol. The van der Waals surface area contributed by atoms with Gasteiger partial charge in [-0.15, -0.1) is 11.3 Å². The van der Waals surface area contributed by atoms with E-state index in [2.05, 4.69) is 5.32 Å². The van der Waals surface area contributed by atoms with Crippen LogP contribution in [-0.4, -0.2) is 11.9 Å². The van der Waals surface area contributed by atoms with Crippen LogP contribution in [0.4, 0.5) is 17.6 Å². The van der Waals surface area contributed by atoms with Crippen LogP contribution in [-0.2, 0) is 12.6 Å². The third-order valence-corrected chi connectivity index (χ3v) is 3.85. The van der Waals surface area contributed by atoms with Crippen molar-refractivity contribution in [3.63, 3.8) is 0 Å². The van der Waals surface area contributed by atoms with Crippen molar-refractivity contribution in [3.05, 3.63) is 57.5 Å². The van der Waals surface area contributed by atoms with E-state index in [4.69, 9.17) is 0 Å². The minimum Gasteiger partial charge on any atom is -0.349 e. The van der Waals surface area contributed by atoms with E-state index >= 15 is 0 Å². The molecule has 22 heavy (non-hydrogen) atoms. The molecule has 1 atom stereocenters. The van der Waals surface area contributed by atoms with Crippen molar-refractivity contribution in [3.8, 4) is 0 Å². The number of hydrogen-bond acceptors (Lipinski definition) is 2. The molecule has 0 saturated heterocycles. The average molecular weight is 331 g/mol. The van der Waals surface area contributed by atoms with Crippen molar-refractivity contribution in [2.45, 2.75) is 25.6 Å². The summed E-state index contributed by atoms with van der Waals surface area (Å²) in [5, 5.41) is 4.47. The Morgan fingerprint density at radius 3 is 2.64 bits per heavy atom. The summed E-state index contributed by atoms with van der Waals surface area (Å²) in [6.45, 7) is 1.74. The Kier molecular flexibility index (Phi) is 4.85. The average Bonchev–Trinajstić information content (AvgIpc) is 2.89. The standard InChI is InChI=1S/C15H13F4NOS/c1-9(5-13-3-2-4-22-13)20-14(21)10-6-11(15(17,18)19)8-12(16)7-10/h2-4,6-9H,5H2,1H3,(H,20,21)/t9-/m0/s1. The maximum Gasteiger partial charge on any atom is 0.416 e. The molecule has 2 rings (SSSR count). The summed E-state index contributed by atoms with van der Waals surface area (Å²) in [6, 6.07) is 5.31. The molecular formula is C15H13F4NOS. The Hall–Kier alpha value is -1.89. The van der Waals surface area contributed by atoms with Gasteiger partial charge in [0.25, 0.3) is 5.91 Å². The minimum atomic E-state index is -4.69. The molecule has 0 fully saturated rings. The van der Waals surface area contributed by atoms with Gasteiger partial charge in [0.2, 0.25) is 0 Å². The molecule has 1 amide bonds. The summed E-state index contributed by atoms with van der Waals surface area (Å²) >= 11 is 1.52. The van der Waals surface area contributed by atoms with E-state index in [1.54, 1.807) is 6.92 Å². The molecule has 0 bridgehead atoms. The molecule has 1 aromatic carbocycles. The number of nitrogens with one attached hydrogen (secondary N) is 1. The van der Waals surface area contributed by atoms with Crippen molar-refractivity contribution in [2.75, 3.05) is 0 Å². The van der Waals surface area contributed by atoms with Gasteiger partial charge in [0.05, 0.1) is 5.56 Å². The number of rotatable bonds is 4. The number of halogens is 4. The topological polar surface area (TPSA) is 29.1 Å². The number of amides is 1. The van der Waals surface area contributed by atoms with Crippen LogP contribution >= 0.6 is 11.3 Å². The first kappa shape index (κ1) is 16.5. The number of benzene rings is 1. The number of carbonyl (C=O) groups excluding carboxylic acids is 1. The van der Waals surface area contributed by atoms with Crippen LogP contribution in [0.3, 0.4) is 0 Å². The van der Waals surface area contributed by atoms with E-state index in [9.17, 15) is 22.4 Å². The molecular weight excluding hydrogens is 318 g/mol. The first-order chi connectivity index (χ1) is 10.3. The summed E-state index contributed by atoms with van der Waals surface area (Å²) in [7, 11) is 0. The smallest absolute Gasteiger partial charge is 0.349 e. The lowest BCUT2D eigenvalue weighted by molar-refractivity contribution is -0.137. The summed E-state index contributed by atoms with van der Waals surface area (Å²) in [5.41, 5.74) is -1.52. The largest absolute Gasteiger partial charge is 0.416 e. The summed E-state index contributed by atoms with van der Waals surface area (Å²) < 4.78 is 51.2. The summed E-state index contributed by atoms with van der Waals surface area (Å²) in [4.78, 5) is 13.0. The minimum absolute atomic E-state index is 0.274. The predicted molar refractivity (Wildman–Crippen MR) is 76.4 cm³/mol. The Morgan fingerprint density at radius 2 is 2.05 bits per heavy atom. The number of carbonyl (C=O) groups is 1. The van der Waals surface area contributed by atoms with E-state index in [-0.39, 0.29) is 11.6 Å². The highest BCUT2D eigenvalue weighted by Crippen LogP contribution is 2.30. The zero-order valence-electron chi connectivity index (χ0n) is 11.6. The molecule has 2 nitrogen and oxygen atoms in total. The van der Waals surface area contributed by atoms with E-state index in [0.29, 0.717) is 18.6 Å². The van der Waals surface area contributed by atoms with Gasteiger partial charge in [-0.05, 0) is 36.6 Å². The maximum atomic E-state index is 13.3. The second-order valence-electron chi connectivity index (χ2n) is 4.88. The number of thiophene rings is 1. The normalized spacial score (nSPS) is 13.0. The van der Waals surface area contributed by atoms with Crippen LogP contribution in [0, 0.1) is 5.82 Å². The van der Waals surface area contributed by atoms with E-state index in [1.165, 1.54) is 11.3 Å². The van der Waals surface area contributed by atoms with Crippen molar-refractivity contribution in [1.82, 2.24) is 5.32 Å². The first-order valence-corrected chi connectivity index (χ1v) is 7.34. The third kappa shape index (κ3) is 4.30. The van der Waals surface area contributed by atoms with E-state index in [0.717, 1.165) is 10.9 Å². The Bertz CT molecular complexity index is 652. The molecule has 0 radical (unpaired) electrons. The van der Waals surface area contributed by atoms with Crippen LogP contribution in [0.15, 0.2) is 35.7 Å². The quantitative estimate of drug-likeness (QED) is 0.833. The lowest BCUT2D eigenvalue weighted by Gasteiger charge is -2.14. The molecule has 7 heteroatoms. The van der Waals surface area contributed by atoms with Crippen LogP contribution in [0.2, 0.25) is 0 Å². The van der Waals surface area contributed by atoms with Crippen LogP contribution in [0.25, 0.3) is 0 Å². The lowest BCUT2D eigenvalue weighted by Crippen LogP contribution is -2.34. The maximum absolute atomic E-state index is 13.3. The van der Waals surface area contributed by atoms with Crippen molar-refractivity contribution < 1.29 is 22.4 Å². The Morgan fingerprint density at radius 1 is 1.32 bits per heavy atom. The zero-order chi connectivity index (χ0) is 16.3. The summed E-state index contributed by atoms with van der Waals surface area (Å²) in [6.07, 6.45) is -4.13. The van der Waals surface area contributed by atoms with Gasteiger partial charge in [0.15, 0.2) is 0 Å². The van der Waals surface area contributed by atoms with E-state index in [1.807, 2.05) is 17.5 Å². The van der Waals surface area contributed by atoms with Gasteiger partial charge in [0.1, 0.15) is 5.82 Å².